The fraction of sp³-hybridized carbons (Fsp3) is 0.211. The number of benzene rings is 1. The molecular formula is C19H19ClF3N5O2. The molecule has 2 N–H and O–H groups in total. The molecule has 30 heavy (non-hydrogen) atoms. The fourth-order valence-corrected chi connectivity index (χ4v) is 2.70. The van der Waals surface area contributed by atoms with Crippen molar-refractivity contribution in [3.8, 4) is 11.3 Å². The third-order valence-corrected chi connectivity index (χ3v) is 4.03. The van der Waals surface area contributed by atoms with Gasteiger partial charge in [0.2, 0.25) is 0 Å². The van der Waals surface area contributed by atoms with Gasteiger partial charge in [-0.3, -0.25) is 9.20 Å². The molecular weight excluding hydrogens is 423 g/mol. The molecule has 0 aliphatic carbocycles. The third kappa shape index (κ3) is 5.41. The number of nitrogens with zero attached hydrogens (tertiary/aromatic N) is 3. The zero-order valence-corrected chi connectivity index (χ0v) is 16.8. The SMILES string of the molecule is CN(C)C(=O)c1ccn2c(-c3cccc(NC(=O)NCC(F)(F)F)c3)cnc2c1.Cl. The van der Waals surface area contributed by atoms with Crippen LogP contribution in [0, 0.1) is 0 Å². The molecule has 7 nitrogen and oxygen atoms in total. The van der Waals surface area contributed by atoms with E-state index >= 15 is 0 Å². The molecule has 0 aliphatic heterocycles. The number of imidazole rings is 1. The Kier molecular flexibility index (Phi) is 6.93. The minimum absolute atomic E-state index is 0. The van der Waals surface area contributed by atoms with Crippen molar-refractivity contribution < 1.29 is 22.8 Å². The molecule has 0 saturated carbocycles. The summed E-state index contributed by atoms with van der Waals surface area (Å²) in [5.41, 5.74) is 2.78. The number of carbonyl (C=O) groups is 2. The summed E-state index contributed by atoms with van der Waals surface area (Å²) < 4.78 is 38.4. The molecule has 0 radical (unpaired) electrons. The van der Waals surface area contributed by atoms with E-state index in [1.165, 1.54) is 4.90 Å². The van der Waals surface area contributed by atoms with E-state index in [0.717, 1.165) is 0 Å². The van der Waals surface area contributed by atoms with Crippen LogP contribution in [0.3, 0.4) is 0 Å². The van der Waals surface area contributed by atoms with E-state index in [1.807, 2.05) is 0 Å². The molecule has 11 heteroatoms. The predicted octanol–water partition coefficient (Wildman–Crippen LogP) is 3.81. The summed E-state index contributed by atoms with van der Waals surface area (Å²) in [5, 5.41) is 4.12. The molecule has 3 rings (SSSR count). The van der Waals surface area contributed by atoms with E-state index in [2.05, 4.69) is 10.3 Å². The highest BCUT2D eigenvalue weighted by atomic mass is 35.5. The van der Waals surface area contributed by atoms with E-state index in [1.54, 1.807) is 72.6 Å². The molecule has 0 saturated heterocycles. The second kappa shape index (κ2) is 9.04. The first-order valence-electron chi connectivity index (χ1n) is 8.55. The van der Waals surface area contributed by atoms with Crippen LogP contribution in [0.25, 0.3) is 16.9 Å². The molecule has 0 bridgehead atoms. The maximum atomic E-state index is 12.2. The minimum Gasteiger partial charge on any atom is -0.345 e. The standard InChI is InChI=1S/C19H18F3N5O2.ClH/c1-26(2)17(28)13-6-7-27-15(10-23-16(27)9-13)12-4-3-5-14(8-12)25-18(29)24-11-19(20,21)22;/h3-10H,11H2,1-2H3,(H2,24,25,29);1H. The molecule has 2 aromatic heterocycles. The van der Waals surface area contributed by atoms with Crippen molar-refractivity contribution in [2.45, 2.75) is 6.18 Å². The molecule has 0 atom stereocenters. The largest absolute Gasteiger partial charge is 0.405 e. The van der Waals surface area contributed by atoms with Gasteiger partial charge in [-0.05, 0) is 24.3 Å². The summed E-state index contributed by atoms with van der Waals surface area (Å²) in [4.78, 5) is 29.5. The van der Waals surface area contributed by atoms with Gasteiger partial charge in [-0.2, -0.15) is 13.2 Å². The lowest BCUT2D eigenvalue weighted by Gasteiger charge is -2.11. The zero-order chi connectivity index (χ0) is 21.2. The maximum absolute atomic E-state index is 12.2. The first kappa shape index (κ1) is 23.0. The molecule has 160 valence electrons. The average Bonchev–Trinajstić information content (AvgIpc) is 3.08. The van der Waals surface area contributed by atoms with E-state index in [4.69, 9.17) is 0 Å². The van der Waals surface area contributed by atoms with Gasteiger partial charge in [0.15, 0.2) is 0 Å². The topological polar surface area (TPSA) is 78.7 Å². The molecule has 0 spiro atoms. The lowest BCUT2D eigenvalue weighted by atomic mass is 10.1. The quantitative estimate of drug-likeness (QED) is 0.646. The number of hydrogen-bond acceptors (Lipinski definition) is 3. The van der Waals surface area contributed by atoms with Crippen molar-refractivity contribution in [2.75, 3.05) is 26.0 Å². The number of amides is 3. The highest BCUT2D eigenvalue weighted by Crippen LogP contribution is 2.24. The number of fused-ring (bicyclic) bond motifs is 1. The summed E-state index contributed by atoms with van der Waals surface area (Å²) in [6.45, 7) is -1.42. The molecule has 3 aromatic rings. The van der Waals surface area contributed by atoms with Gasteiger partial charge in [-0.15, -0.1) is 12.4 Å². The first-order valence-corrected chi connectivity index (χ1v) is 8.55. The number of aromatic nitrogens is 2. The summed E-state index contributed by atoms with van der Waals surface area (Å²) in [6, 6.07) is 9.01. The molecule has 1 aromatic carbocycles. The van der Waals surface area contributed by atoms with E-state index in [0.29, 0.717) is 28.2 Å². The van der Waals surface area contributed by atoms with E-state index in [9.17, 15) is 22.8 Å². The van der Waals surface area contributed by atoms with Crippen LogP contribution >= 0.6 is 12.4 Å². The maximum Gasteiger partial charge on any atom is 0.405 e. The van der Waals surface area contributed by atoms with E-state index in [-0.39, 0.29) is 18.3 Å². The zero-order valence-electron chi connectivity index (χ0n) is 16.0. The van der Waals surface area contributed by atoms with Crippen molar-refractivity contribution in [1.29, 1.82) is 0 Å². The van der Waals surface area contributed by atoms with Crippen LogP contribution in [0.15, 0.2) is 48.8 Å². The minimum atomic E-state index is -4.48. The predicted molar refractivity (Wildman–Crippen MR) is 109 cm³/mol. The van der Waals surface area contributed by atoms with Gasteiger partial charge in [-0.25, -0.2) is 9.78 Å². The van der Waals surface area contributed by atoms with Crippen LogP contribution in [0.1, 0.15) is 10.4 Å². The van der Waals surface area contributed by atoms with Gasteiger partial charge in [-0.1, -0.05) is 12.1 Å². The van der Waals surface area contributed by atoms with Crippen molar-refractivity contribution in [2.24, 2.45) is 0 Å². The van der Waals surface area contributed by atoms with Crippen molar-refractivity contribution in [1.82, 2.24) is 19.6 Å². The second-order valence-electron chi connectivity index (χ2n) is 6.49. The lowest BCUT2D eigenvalue weighted by Crippen LogP contribution is -2.36. The Morgan fingerprint density at radius 1 is 1.17 bits per heavy atom. The number of rotatable bonds is 4. The number of alkyl halides is 3. The van der Waals surface area contributed by atoms with Crippen LogP contribution in [-0.4, -0.2) is 53.0 Å². The number of nitrogens with one attached hydrogen (secondary N) is 2. The van der Waals surface area contributed by atoms with Crippen molar-refractivity contribution >= 4 is 35.7 Å². The lowest BCUT2D eigenvalue weighted by molar-refractivity contribution is -0.122. The number of hydrogen-bond donors (Lipinski definition) is 2. The van der Waals surface area contributed by atoms with Crippen LogP contribution < -0.4 is 10.6 Å². The smallest absolute Gasteiger partial charge is 0.345 e. The van der Waals surface area contributed by atoms with Crippen LogP contribution in [-0.2, 0) is 0 Å². The fourth-order valence-electron chi connectivity index (χ4n) is 2.70. The summed E-state index contributed by atoms with van der Waals surface area (Å²) >= 11 is 0. The third-order valence-electron chi connectivity index (χ3n) is 4.03. The Morgan fingerprint density at radius 2 is 1.90 bits per heavy atom. The van der Waals surface area contributed by atoms with E-state index < -0.39 is 18.8 Å². The highest BCUT2D eigenvalue weighted by Gasteiger charge is 2.27. The number of urea groups is 1. The van der Waals surface area contributed by atoms with Crippen LogP contribution in [0.4, 0.5) is 23.7 Å². The normalized spacial score (nSPS) is 11.0. The summed E-state index contributed by atoms with van der Waals surface area (Å²) in [5.74, 6) is -0.145. The molecule has 3 amide bonds. The Labute approximate surface area is 176 Å². The van der Waals surface area contributed by atoms with Gasteiger partial charge in [0.1, 0.15) is 12.2 Å². The van der Waals surface area contributed by atoms with Gasteiger partial charge in [0.05, 0.1) is 11.9 Å². The number of carbonyl (C=O) groups excluding carboxylic acids is 2. The second-order valence-corrected chi connectivity index (χ2v) is 6.49. The Balaban J connectivity index is 0.00000320. The van der Waals surface area contributed by atoms with Crippen molar-refractivity contribution in [3.63, 3.8) is 0 Å². The number of pyridine rings is 1. The number of anilines is 1. The molecule has 0 unspecified atom stereocenters. The highest BCUT2D eigenvalue weighted by molar-refractivity contribution is 5.95. The van der Waals surface area contributed by atoms with Gasteiger partial charge >= 0.3 is 12.2 Å². The molecule has 0 fully saturated rings. The Hall–Kier alpha value is -3.27. The summed E-state index contributed by atoms with van der Waals surface area (Å²) in [6.07, 6.45) is -1.16. The number of halogens is 4. The van der Waals surface area contributed by atoms with Crippen LogP contribution in [0.2, 0.25) is 0 Å². The molecule has 0 aliphatic rings. The Bertz CT molecular complexity index is 1070. The van der Waals surface area contributed by atoms with Gasteiger partial charge in [0, 0.05) is 37.1 Å². The van der Waals surface area contributed by atoms with Crippen LogP contribution in [0.5, 0.6) is 0 Å². The Morgan fingerprint density at radius 3 is 2.57 bits per heavy atom. The van der Waals surface area contributed by atoms with Crippen molar-refractivity contribution in [3.05, 3.63) is 54.4 Å². The first-order chi connectivity index (χ1) is 13.6. The summed E-state index contributed by atoms with van der Waals surface area (Å²) in [7, 11) is 3.32. The van der Waals surface area contributed by atoms with Gasteiger partial charge < -0.3 is 15.5 Å². The monoisotopic (exact) mass is 441 g/mol. The molecule has 2 heterocycles. The van der Waals surface area contributed by atoms with Gasteiger partial charge in [0.25, 0.3) is 5.91 Å². The average molecular weight is 442 g/mol.